The zero-order valence-electron chi connectivity index (χ0n) is 21.6. The Hall–Kier alpha value is -1.60. The summed E-state index contributed by atoms with van der Waals surface area (Å²) in [6.45, 7) is 4.20. The summed E-state index contributed by atoms with van der Waals surface area (Å²) in [5, 5.41) is 6.48. The Labute approximate surface area is 227 Å². The summed E-state index contributed by atoms with van der Waals surface area (Å²) >= 11 is 0. The molecule has 2 rings (SSSR count). The van der Waals surface area contributed by atoms with Crippen molar-refractivity contribution in [2.45, 2.75) is 56.6 Å². The predicted octanol–water partition coefficient (Wildman–Crippen LogP) is 2.08. The molecule has 0 aromatic heterocycles. The fourth-order valence-corrected chi connectivity index (χ4v) is 6.64. The number of carbonyl (C=O) groups excluding carboxylic acids is 4. The van der Waals surface area contributed by atoms with Gasteiger partial charge in [0.25, 0.3) is 11.8 Å². The van der Waals surface area contributed by atoms with Gasteiger partial charge in [0.2, 0.25) is 11.8 Å². The summed E-state index contributed by atoms with van der Waals surface area (Å²) in [6.07, 6.45) is 9.18. The Kier molecular flexibility index (Phi) is 17.4. The molecule has 1 atom stereocenters. The van der Waals surface area contributed by atoms with Crippen LogP contribution in [0.15, 0.2) is 12.2 Å². The smallest absolute Gasteiger partial charge is 0.253 e. The van der Waals surface area contributed by atoms with Crippen LogP contribution in [0.2, 0.25) is 0 Å². The lowest BCUT2D eigenvalue weighted by Gasteiger charge is -2.13. The predicted molar refractivity (Wildman–Crippen MR) is 145 cm³/mol. The molecule has 12 heteroatoms. The lowest BCUT2D eigenvalue weighted by atomic mass is 10.1. The van der Waals surface area contributed by atoms with Crippen molar-refractivity contribution in [2.24, 2.45) is 0 Å². The molecule has 37 heavy (non-hydrogen) atoms. The maximum atomic E-state index is 11.8. The molecule has 0 aromatic rings. The van der Waals surface area contributed by atoms with Crippen LogP contribution in [0.25, 0.3) is 0 Å². The van der Waals surface area contributed by atoms with Crippen LogP contribution < -0.4 is 10.6 Å². The molecule has 0 saturated carbocycles. The molecule has 0 aromatic carbocycles. The molecule has 2 N–H and O–H groups in total. The average molecular weight is 560 g/mol. The van der Waals surface area contributed by atoms with E-state index in [4.69, 9.17) is 14.2 Å². The van der Waals surface area contributed by atoms with Crippen LogP contribution >= 0.6 is 21.6 Å². The summed E-state index contributed by atoms with van der Waals surface area (Å²) in [4.78, 5) is 47.5. The van der Waals surface area contributed by atoms with E-state index in [1.807, 2.05) is 21.6 Å². The van der Waals surface area contributed by atoms with E-state index in [2.05, 4.69) is 10.6 Å². The maximum Gasteiger partial charge on any atom is 0.253 e. The van der Waals surface area contributed by atoms with Crippen LogP contribution in [0.5, 0.6) is 0 Å². The van der Waals surface area contributed by atoms with Gasteiger partial charge >= 0.3 is 0 Å². The molecule has 2 aliphatic heterocycles. The SMILES string of the molecule is O=C(CCCC[C@@H]1CCSS1)NCCCOCCOCCOCCCNC(=O)CCN1C(=O)C=CC1=O. The normalized spacial score (nSPS) is 17.1. The number of hydrogen-bond acceptors (Lipinski definition) is 9. The van der Waals surface area contributed by atoms with E-state index in [9.17, 15) is 19.2 Å². The second-order valence-electron chi connectivity index (χ2n) is 8.73. The third kappa shape index (κ3) is 15.4. The topological polar surface area (TPSA) is 123 Å². The van der Waals surface area contributed by atoms with Crippen LogP contribution in [-0.2, 0) is 33.4 Å². The third-order valence-electron chi connectivity index (χ3n) is 5.69. The van der Waals surface area contributed by atoms with Gasteiger partial charge in [0.15, 0.2) is 0 Å². The first-order valence-corrected chi connectivity index (χ1v) is 15.5. The lowest BCUT2D eigenvalue weighted by Crippen LogP contribution is -2.35. The third-order valence-corrected chi connectivity index (χ3v) is 8.70. The van der Waals surface area contributed by atoms with Crippen LogP contribution in [0.1, 0.15) is 51.4 Å². The molecule has 4 amide bonds. The first kappa shape index (κ1) is 31.6. The Balaban J connectivity index is 1.24. The molecule has 0 spiro atoms. The number of ether oxygens (including phenoxy) is 3. The van der Waals surface area contributed by atoms with Crippen molar-refractivity contribution in [1.82, 2.24) is 15.5 Å². The summed E-state index contributed by atoms with van der Waals surface area (Å²) in [7, 11) is 3.96. The second kappa shape index (κ2) is 20.4. The Morgan fingerprint density at radius 2 is 1.38 bits per heavy atom. The minimum absolute atomic E-state index is 0.0871. The van der Waals surface area contributed by atoms with Crippen molar-refractivity contribution >= 4 is 45.2 Å². The number of amides is 4. The highest BCUT2D eigenvalue weighted by atomic mass is 33.1. The molecule has 0 unspecified atom stereocenters. The maximum absolute atomic E-state index is 11.8. The van der Waals surface area contributed by atoms with E-state index in [0.29, 0.717) is 65.6 Å². The van der Waals surface area contributed by atoms with Gasteiger partial charge in [0, 0.05) is 68.8 Å². The molecule has 2 aliphatic rings. The summed E-state index contributed by atoms with van der Waals surface area (Å²) < 4.78 is 16.4. The van der Waals surface area contributed by atoms with E-state index >= 15 is 0 Å². The number of rotatable bonds is 22. The van der Waals surface area contributed by atoms with E-state index in [-0.39, 0.29) is 36.6 Å². The highest BCUT2D eigenvalue weighted by Gasteiger charge is 2.23. The zero-order chi connectivity index (χ0) is 26.6. The van der Waals surface area contributed by atoms with E-state index in [0.717, 1.165) is 29.4 Å². The first-order valence-electron chi connectivity index (χ1n) is 13.1. The fraction of sp³-hybridized carbons (Fsp3) is 0.760. The zero-order valence-corrected chi connectivity index (χ0v) is 23.2. The van der Waals surface area contributed by atoms with Crippen molar-refractivity contribution in [1.29, 1.82) is 0 Å². The van der Waals surface area contributed by atoms with Gasteiger partial charge in [0.1, 0.15) is 0 Å². The number of unbranched alkanes of at least 4 members (excludes halogenated alkanes) is 1. The van der Waals surface area contributed by atoms with Gasteiger partial charge in [-0.1, -0.05) is 28.0 Å². The molecule has 1 fully saturated rings. The second-order valence-corrected chi connectivity index (χ2v) is 11.5. The lowest BCUT2D eigenvalue weighted by molar-refractivity contribution is -0.137. The molecule has 0 bridgehead atoms. The largest absolute Gasteiger partial charge is 0.379 e. The van der Waals surface area contributed by atoms with E-state index < -0.39 is 0 Å². The van der Waals surface area contributed by atoms with E-state index in [1.54, 1.807) is 0 Å². The molecule has 0 aliphatic carbocycles. The number of carbonyl (C=O) groups is 4. The van der Waals surface area contributed by atoms with Gasteiger partial charge in [-0.2, -0.15) is 0 Å². The molecular weight excluding hydrogens is 518 g/mol. The summed E-state index contributed by atoms with van der Waals surface area (Å²) in [6, 6.07) is 0. The number of nitrogens with one attached hydrogen (secondary N) is 2. The van der Waals surface area contributed by atoms with Crippen LogP contribution in [0.4, 0.5) is 0 Å². The number of hydrogen-bond donors (Lipinski definition) is 2. The van der Waals surface area contributed by atoms with Crippen molar-refractivity contribution in [3.8, 4) is 0 Å². The van der Waals surface area contributed by atoms with Crippen molar-refractivity contribution < 1.29 is 33.4 Å². The molecule has 210 valence electrons. The van der Waals surface area contributed by atoms with Crippen molar-refractivity contribution in [2.75, 3.05) is 65.0 Å². The van der Waals surface area contributed by atoms with Gasteiger partial charge in [0.05, 0.1) is 26.4 Å². The molecule has 2 heterocycles. The standard InChI is InChI=1S/C25H41N3O7S2/c29-22(6-2-1-5-21-10-20-36-37-21)26-11-3-14-33-16-18-35-19-17-34-15-4-12-27-23(30)9-13-28-24(31)7-8-25(28)32/h7-8,21H,1-6,9-20H2,(H,26,29)(H,27,30)/t21-/m1/s1. The highest BCUT2D eigenvalue weighted by molar-refractivity contribution is 8.77. The quantitative estimate of drug-likeness (QED) is 0.117. The van der Waals surface area contributed by atoms with Gasteiger partial charge in [-0.25, -0.2) is 0 Å². The first-order chi connectivity index (χ1) is 18.1. The number of imide groups is 1. The van der Waals surface area contributed by atoms with Gasteiger partial charge in [-0.3, -0.25) is 24.1 Å². The molecule has 1 saturated heterocycles. The molecular formula is C25H41N3O7S2. The summed E-state index contributed by atoms with van der Waals surface area (Å²) in [5.74, 6) is 0.426. The van der Waals surface area contributed by atoms with Crippen LogP contribution in [-0.4, -0.2) is 98.8 Å². The Morgan fingerprint density at radius 1 is 0.811 bits per heavy atom. The van der Waals surface area contributed by atoms with Crippen LogP contribution in [0, 0.1) is 0 Å². The van der Waals surface area contributed by atoms with E-state index in [1.165, 1.54) is 30.7 Å². The summed E-state index contributed by atoms with van der Waals surface area (Å²) in [5.41, 5.74) is 0. The Bertz CT molecular complexity index is 715. The molecule has 10 nitrogen and oxygen atoms in total. The fourth-order valence-electron chi connectivity index (χ4n) is 3.61. The minimum Gasteiger partial charge on any atom is -0.379 e. The van der Waals surface area contributed by atoms with Crippen molar-refractivity contribution in [3.63, 3.8) is 0 Å². The Morgan fingerprint density at radius 3 is 1.95 bits per heavy atom. The minimum atomic E-state index is -0.380. The average Bonchev–Trinajstić information content (AvgIpc) is 3.52. The molecule has 0 radical (unpaired) electrons. The highest BCUT2D eigenvalue weighted by Crippen LogP contribution is 2.39. The number of nitrogens with zero attached hydrogens (tertiary/aromatic N) is 1. The van der Waals surface area contributed by atoms with Gasteiger partial charge in [-0.05, 0) is 32.1 Å². The van der Waals surface area contributed by atoms with Gasteiger partial charge < -0.3 is 24.8 Å². The van der Waals surface area contributed by atoms with Crippen molar-refractivity contribution in [3.05, 3.63) is 12.2 Å². The van der Waals surface area contributed by atoms with Crippen LogP contribution in [0.3, 0.4) is 0 Å². The monoisotopic (exact) mass is 559 g/mol. The van der Waals surface area contributed by atoms with Gasteiger partial charge in [-0.15, -0.1) is 0 Å².